The summed E-state index contributed by atoms with van der Waals surface area (Å²) in [6.07, 6.45) is 13.8. The average molecular weight is 441 g/mol. The van der Waals surface area contributed by atoms with Crippen molar-refractivity contribution >= 4 is 11.8 Å². The lowest BCUT2D eigenvalue weighted by atomic mass is 9.88. The summed E-state index contributed by atoms with van der Waals surface area (Å²) in [5.41, 5.74) is 0.719. The van der Waals surface area contributed by atoms with Gasteiger partial charge in [-0.3, -0.25) is 19.3 Å². The number of aryl methyl sites for hydroxylation is 1. The monoisotopic (exact) mass is 440 g/mol. The van der Waals surface area contributed by atoms with Crippen LogP contribution in [0.3, 0.4) is 0 Å². The molecule has 174 valence electrons. The third-order valence-electron chi connectivity index (χ3n) is 6.93. The molecule has 32 heavy (non-hydrogen) atoms. The molecule has 2 aliphatic carbocycles. The normalized spacial score (nSPS) is 17.4. The fourth-order valence-corrected chi connectivity index (χ4v) is 5.09. The zero-order chi connectivity index (χ0) is 23.3. The first-order chi connectivity index (χ1) is 15.2. The van der Waals surface area contributed by atoms with Gasteiger partial charge in [-0.05, 0) is 69.9 Å². The molecule has 2 amide bonds. The molecular weight excluding hydrogens is 404 g/mol. The zero-order valence-corrected chi connectivity index (χ0v) is 19.7. The van der Waals surface area contributed by atoms with Crippen molar-refractivity contribution in [3.8, 4) is 6.19 Å². The molecule has 1 aromatic rings. The zero-order valence-electron chi connectivity index (χ0n) is 19.7. The molecule has 1 aromatic heterocycles. The van der Waals surface area contributed by atoms with Gasteiger partial charge in [0.1, 0.15) is 11.1 Å². The van der Waals surface area contributed by atoms with E-state index < -0.39 is 17.4 Å². The molecule has 1 saturated carbocycles. The minimum atomic E-state index is -1.30. The number of aromatic nitrogens is 1. The van der Waals surface area contributed by atoms with Gasteiger partial charge in [0.2, 0.25) is 0 Å². The summed E-state index contributed by atoms with van der Waals surface area (Å²) < 4.78 is 1.88. The summed E-state index contributed by atoms with van der Waals surface area (Å²) in [6.45, 7) is 3.77. The number of amides is 2. The van der Waals surface area contributed by atoms with Gasteiger partial charge in [0.05, 0.1) is 0 Å². The number of carbonyl (C=O) groups excluding carboxylic acids is 2. The molecule has 0 atom stereocenters. The Labute approximate surface area is 190 Å². The van der Waals surface area contributed by atoms with Crippen molar-refractivity contribution in [3.63, 3.8) is 0 Å². The second-order valence-electron chi connectivity index (χ2n) is 9.91. The van der Waals surface area contributed by atoms with Gasteiger partial charge in [-0.25, -0.2) is 0 Å². The Bertz CT molecular complexity index is 951. The van der Waals surface area contributed by atoms with Crippen molar-refractivity contribution in [3.05, 3.63) is 33.2 Å². The lowest BCUT2D eigenvalue weighted by Gasteiger charge is -2.28. The highest BCUT2D eigenvalue weighted by atomic mass is 16.2. The van der Waals surface area contributed by atoms with Crippen molar-refractivity contribution in [2.24, 2.45) is 5.92 Å². The van der Waals surface area contributed by atoms with Crippen LogP contribution in [0.2, 0.25) is 0 Å². The Morgan fingerprint density at radius 3 is 2.41 bits per heavy atom. The first-order valence-corrected chi connectivity index (χ1v) is 12.0. The van der Waals surface area contributed by atoms with Crippen LogP contribution in [0.1, 0.15) is 93.3 Å². The second-order valence-corrected chi connectivity index (χ2v) is 9.91. The number of hydrogen-bond donors (Lipinski definition) is 1. The molecule has 0 aliphatic heterocycles. The molecule has 0 unspecified atom stereocenters. The van der Waals surface area contributed by atoms with Gasteiger partial charge >= 0.3 is 0 Å². The number of nitriles is 1. The molecule has 1 N–H and O–H groups in total. The van der Waals surface area contributed by atoms with E-state index >= 15 is 0 Å². The van der Waals surface area contributed by atoms with Crippen LogP contribution in [0.15, 0.2) is 10.9 Å². The molecule has 1 fully saturated rings. The summed E-state index contributed by atoms with van der Waals surface area (Å²) in [7, 11) is 1.36. The molecule has 0 aromatic carbocycles. The minimum Gasteiger partial charge on any atom is -0.338 e. The lowest BCUT2D eigenvalue weighted by Crippen LogP contribution is -2.55. The fourth-order valence-electron chi connectivity index (χ4n) is 5.09. The summed E-state index contributed by atoms with van der Waals surface area (Å²) in [6, 6.07) is 1.75. The standard InChI is InChI=1S/C25H36N4O3/c1-25(2,24(32)28(3)17-26)27-22(30)20-15-19-13-9-4-5-10-14-21(19)29(23(20)31)16-18-11-7-6-8-12-18/h15,18H,4-14,16H2,1-3H3,(H,27,30). The quantitative estimate of drug-likeness (QED) is 0.560. The minimum absolute atomic E-state index is 0.0978. The Balaban J connectivity index is 1.98. The molecule has 1 heterocycles. The lowest BCUT2D eigenvalue weighted by molar-refractivity contribution is -0.132. The predicted molar refractivity (Wildman–Crippen MR) is 123 cm³/mol. The van der Waals surface area contributed by atoms with Crippen molar-refractivity contribution in [2.45, 2.75) is 96.6 Å². The van der Waals surface area contributed by atoms with E-state index in [0.29, 0.717) is 12.5 Å². The Morgan fingerprint density at radius 2 is 1.75 bits per heavy atom. The largest absolute Gasteiger partial charge is 0.338 e. The molecule has 0 spiro atoms. The molecule has 2 aliphatic rings. The molecule has 0 bridgehead atoms. The van der Waals surface area contributed by atoms with Crippen molar-refractivity contribution < 1.29 is 9.59 Å². The van der Waals surface area contributed by atoms with E-state index in [9.17, 15) is 14.4 Å². The highest BCUT2D eigenvalue weighted by molar-refractivity contribution is 5.99. The smallest absolute Gasteiger partial charge is 0.263 e. The van der Waals surface area contributed by atoms with Gasteiger partial charge in [-0.2, -0.15) is 5.26 Å². The molecule has 0 saturated heterocycles. The number of fused-ring (bicyclic) bond motifs is 1. The van der Waals surface area contributed by atoms with Crippen LogP contribution in [0.25, 0.3) is 0 Å². The predicted octanol–water partition coefficient (Wildman–Crippen LogP) is 3.54. The van der Waals surface area contributed by atoms with Crippen molar-refractivity contribution in [1.82, 2.24) is 14.8 Å². The number of nitrogens with one attached hydrogen (secondary N) is 1. The molecule has 7 heteroatoms. The Morgan fingerprint density at radius 1 is 1.12 bits per heavy atom. The van der Waals surface area contributed by atoms with Crippen LogP contribution < -0.4 is 10.9 Å². The van der Waals surface area contributed by atoms with Gasteiger partial charge in [0.15, 0.2) is 6.19 Å². The van der Waals surface area contributed by atoms with E-state index in [4.69, 9.17) is 5.26 Å². The topological polar surface area (TPSA) is 95.2 Å². The molecule has 0 radical (unpaired) electrons. The summed E-state index contributed by atoms with van der Waals surface area (Å²) >= 11 is 0. The maximum atomic E-state index is 13.6. The number of hydrogen-bond acceptors (Lipinski definition) is 4. The van der Waals surface area contributed by atoms with Crippen LogP contribution in [0.4, 0.5) is 0 Å². The Kier molecular flexibility index (Phi) is 7.76. The van der Waals surface area contributed by atoms with E-state index in [0.717, 1.165) is 61.1 Å². The van der Waals surface area contributed by atoms with E-state index in [1.54, 1.807) is 26.1 Å². The van der Waals surface area contributed by atoms with Crippen LogP contribution in [-0.2, 0) is 24.2 Å². The van der Waals surface area contributed by atoms with Crippen LogP contribution >= 0.6 is 0 Å². The number of pyridine rings is 1. The number of likely N-dealkylation sites (N-methyl/N-ethyl adjacent to an activating group) is 1. The molecular formula is C25H36N4O3. The third kappa shape index (κ3) is 5.40. The van der Waals surface area contributed by atoms with Gasteiger partial charge in [-0.15, -0.1) is 0 Å². The maximum absolute atomic E-state index is 13.6. The first kappa shape index (κ1) is 24.0. The highest BCUT2D eigenvalue weighted by Crippen LogP contribution is 2.27. The summed E-state index contributed by atoms with van der Waals surface area (Å²) in [5.74, 6) is -0.610. The first-order valence-electron chi connectivity index (χ1n) is 12.0. The van der Waals surface area contributed by atoms with Gasteiger partial charge in [-0.1, -0.05) is 32.1 Å². The molecule has 3 rings (SSSR count). The Hall–Kier alpha value is -2.62. The van der Waals surface area contributed by atoms with E-state index in [2.05, 4.69) is 5.32 Å². The summed E-state index contributed by atoms with van der Waals surface area (Å²) in [4.78, 5) is 40.1. The van der Waals surface area contributed by atoms with E-state index in [1.807, 2.05) is 4.57 Å². The van der Waals surface area contributed by atoms with Crippen molar-refractivity contribution in [1.29, 1.82) is 5.26 Å². The summed E-state index contributed by atoms with van der Waals surface area (Å²) in [5, 5.41) is 11.7. The van der Waals surface area contributed by atoms with Crippen LogP contribution in [0.5, 0.6) is 0 Å². The number of carbonyl (C=O) groups is 2. The SMILES string of the molecule is CN(C#N)C(=O)C(C)(C)NC(=O)c1cc2c(n(CC3CCCCC3)c1=O)CCCCCC2. The fraction of sp³-hybridized carbons (Fsp3) is 0.680. The highest BCUT2D eigenvalue weighted by Gasteiger charge is 2.34. The van der Waals surface area contributed by atoms with Gasteiger partial charge < -0.3 is 9.88 Å². The van der Waals surface area contributed by atoms with Gasteiger partial charge in [0, 0.05) is 19.3 Å². The second kappa shape index (κ2) is 10.3. The maximum Gasteiger partial charge on any atom is 0.263 e. The molecule has 7 nitrogen and oxygen atoms in total. The number of rotatable bonds is 5. The average Bonchev–Trinajstić information content (AvgIpc) is 2.75. The number of nitrogens with zero attached hydrogens (tertiary/aromatic N) is 3. The van der Waals surface area contributed by atoms with Crippen LogP contribution in [0, 0.1) is 17.4 Å². The van der Waals surface area contributed by atoms with Crippen molar-refractivity contribution in [2.75, 3.05) is 7.05 Å². The van der Waals surface area contributed by atoms with E-state index in [-0.39, 0.29) is 11.1 Å². The van der Waals surface area contributed by atoms with E-state index in [1.165, 1.54) is 32.7 Å². The van der Waals surface area contributed by atoms with Gasteiger partial charge in [0.25, 0.3) is 17.4 Å². The van der Waals surface area contributed by atoms with Crippen LogP contribution in [-0.4, -0.2) is 33.9 Å². The third-order valence-corrected chi connectivity index (χ3v) is 6.93.